The molecule has 0 spiro atoms. The summed E-state index contributed by atoms with van der Waals surface area (Å²) in [5.41, 5.74) is 1.98. The third kappa shape index (κ3) is 30.3. The summed E-state index contributed by atoms with van der Waals surface area (Å²) in [7, 11) is 1.60. The Kier molecular flexibility index (Phi) is 33.0. The SMILES string of the molecule is CNc1cc(Oc2c(F)cc(CC(=O)Cc3cccc(C(F)(F)F)c3)cc2F)ncn1.Clc1cc(Cl)ncn1.Nc1cc(F)c(O)c(F)c1.O=C(Cc1cccc(C(F)(F)F)c1)Cc1cc(F)c(O)c(F)c1.O=C(Cc1cccc(C(F)(F)F)c1)Cc1cc(F)c(Oc2cc(Cl)ncn2)c(F)c1.O=C=Nc1cccc(C(F)(F)F)c1. The summed E-state index contributed by atoms with van der Waals surface area (Å²) in [6.07, 6.45) is -15.3. The zero-order valence-electron chi connectivity index (χ0n) is 57.8. The lowest BCUT2D eigenvalue weighted by Crippen LogP contribution is -2.10. The second-order valence-corrected chi connectivity index (χ2v) is 24.2. The van der Waals surface area contributed by atoms with Crippen molar-refractivity contribution in [3.8, 4) is 34.8 Å². The van der Waals surface area contributed by atoms with Gasteiger partial charge in [0.2, 0.25) is 29.3 Å². The van der Waals surface area contributed by atoms with Crippen molar-refractivity contribution in [1.82, 2.24) is 29.9 Å². The van der Waals surface area contributed by atoms with Gasteiger partial charge in [-0.2, -0.15) is 57.7 Å². The molecule has 115 heavy (non-hydrogen) atoms. The van der Waals surface area contributed by atoms with Crippen LogP contribution in [-0.2, 0) is 82.4 Å². The average Bonchev–Trinajstić information content (AvgIpc) is 0.824. The molecule has 0 aliphatic rings. The number of ketones is 3. The zero-order valence-corrected chi connectivity index (χ0v) is 60.1. The molecule has 0 aliphatic carbocycles. The van der Waals surface area contributed by atoms with E-state index in [9.17, 15) is 107 Å². The maximum atomic E-state index is 14.4. The second-order valence-electron chi connectivity index (χ2n) is 23.1. The molecular weight excluding hydrogens is 1640 g/mol. The summed E-state index contributed by atoms with van der Waals surface area (Å²) in [5, 5.41) is 21.0. The van der Waals surface area contributed by atoms with Crippen molar-refractivity contribution in [1.29, 1.82) is 0 Å². The van der Waals surface area contributed by atoms with Gasteiger partial charge in [-0.1, -0.05) is 95.5 Å². The number of aromatic nitrogens is 6. The number of isocyanates is 1. The number of nitrogens with one attached hydrogen (secondary N) is 1. The van der Waals surface area contributed by atoms with Gasteiger partial charge in [0.1, 0.15) is 57.6 Å². The summed E-state index contributed by atoms with van der Waals surface area (Å²) in [6, 6.07) is 28.1. The number of aliphatic imine (C=N–C) groups is 1. The minimum atomic E-state index is -4.53. The first kappa shape index (κ1) is 91.5. The van der Waals surface area contributed by atoms with Crippen LogP contribution in [0.5, 0.6) is 34.8 Å². The molecule has 8 aromatic carbocycles. The van der Waals surface area contributed by atoms with Crippen molar-refractivity contribution in [3.05, 3.63) is 300 Å². The Morgan fingerprint density at radius 1 is 0.400 bits per heavy atom. The Balaban J connectivity index is 0.000000228. The van der Waals surface area contributed by atoms with Gasteiger partial charge in [-0.15, -0.1) is 0 Å². The molecule has 40 heteroatoms. The molecule has 0 saturated heterocycles. The van der Waals surface area contributed by atoms with Crippen LogP contribution >= 0.6 is 34.8 Å². The van der Waals surface area contributed by atoms with Gasteiger partial charge in [0, 0.05) is 81.6 Å². The highest BCUT2D eigenvalue weighted by Crippen LogP contribution is 2.36. The fourth-order valence-corrected chi connectivity index (χ4v) is 9.77. The summed E-state index contributed by atoms with van der Waals surface area (Å²) in [4.78, 5) is 71.2. The first-order chi connectivity index (χ1) is 53.9. The summed E-state index contributed by atoms with van der Waals surface area (Å²) in [6.45, 7) is 0. The molecular formula is C75H50Cl3F20N9O8. The first-order valence-electron chi connectivity index (χ1n) is 31.7. The van der Waals surface area contributed by atoms with Crippen LogP contribution < -0.4 is 20.5 Å². The van der Waals surface area contributed by atoms with Gasteiger partial charge >= 0.3 is 24.7 Å². The van der Waals surface area contributed by atoms with E-state index in [4.69, 9.17) is 60.2 Å². The van der Waals surface area contributed by atoms with Crippen LogP contribution in [0.1, 0.15) is 55.6 Å². The summed E-state index contributed by atoms with van der Waals surface area (Å²) >= 11 is 16.5. The lowest BCUT2D eigenvalue weighted by molar-refractivity contribution is -0.138. The number of halogens is 23. The molecule has 5 N–H and O–H groups in total. The number of carbonyl (C=O) groups excluding carboxylic acids is 4. The van der Waals surface area contributed by atoms with E-state index >= 15 is 0 Å². The number of benzene rings is 8. The second kappa shape index (κ2) is 41.4. The van der Waals surface area contributed by atoms with E-state index in [1.165, 1.54) is 73.1 Å². The number of carbonyl (C=O) groups is 3. The van der Waals surface area contributed by atoms with Gasteiger partial charge in [0.15, 0.2) is 58.0 Å². The highest BCUT2D eigenvalue weighted by Gasteiger charge is 2.34. The number of rotatable bonds is 18. The predicted molar refractivity (Wildman–Crippen MR) is 375 cm³/mol. The third-order valence-electron chi connectivity index (χ3n) is 14.3. The lowest BCUT2D eigenvalue weighted by Gasteiger charge is -2.10. The molecule has 11 rings (SSSR count). The number of ether oxygens (including phenoxy) is 2. The number of phenolic OH excluding ortho intramolecular Hbond substituents is 2. The number of anilines is 2. The Hall–Kier alpha value is -12.3. The summed E-state index contributed by atoms with van der Waals surface area (Å²) < 4.78 is 269. The molecule has 0 bridgehead atoms. The molecule has 0 aliphatic heterocycles. The van der Waals surface area contributed by atoms with Gasteiger partial charge in [-0.25, -0.2) is 69.8 Å². The normalized spacial score (nSPS) is 11.0. The number of nitrogens with zero attached hydrogens (tertiary/aromatic N) is 7. The van der Waals surface area contributed by atoms with Crippen molar-refractivity contribution in [2.45, 2.75) is 63.2 Å². The van der Waals surface area contributed by atoms with Crippen LogP contribution in [0, 0.1) is 46.5 Å². The van der Waals surface area contributed by atoms with Gasteiger partial charge in [-0.3, -0.25) is 14.4 Å². The smallest absolute Gasteiger partial charge is 0.416 e. The van der Waals surface area contributed by atoms with Crippen molar-refractivity contribution < 1.29 is 127 Å². The molecule has 0 unspecified atom stereocenters. The molecule has 0 saturated carbocycles. The fourth-order valence-electron chi connectivity index (χ4n) is 9.29. The molecule has 604 valence electrons. The zero-order chi connectivity index (χ0) is 85.3. The Morgan fingerprint density at radius 2 is 0.696 bits per heavy atom. The molecule has 11 aromatic rings. The fraction of sp³-hybridized carbons (Fsp3) is 0.147. The van der Waals surface area contributed by atoms with Crippen molar-refractivity contribution in [2.24, 2.45) is 4.99 Å². The van der Waals surface area contributed by atoms with E-state index in [2.05, 4.69) is 40.2 Å². The summed E-state index contributed by atoms with van der Waals surface area (Å²) in [5.74, 6) is -13.7. The maximum Gasteiger partial charge on any atom is 0.416 e. The Labute approximate surface area is 650 Å². The number of alkyl halides is 12. The van der Waals surface area contributed by atoms with E-state index in [-0.39, 0.29) is 100 Å². The van der Waals surface area contributed by atoms with Crippen LogP contribution in [0.25, 0.3) is 0 Å². The molecule has 0 amide bonds. The van der Waals surface area contributed by atoms with Crippen LogP contribution in [-0.4, -0.2) is 70.6 Å². The number of Topliss-reactive ketones (excluding diaryl/α,β-unsaturated/α-hetero) is 3. The van der Waals surface area contributed by atoms with Crippen LogP contribution in [0.2, 0.25) is 15.5 Å². The quantitative estimate of drug-likeness (QED) is 0.0156. The van der Waals surface area contributed by atoms with Crippen molar-refractivity contribution >= 4 is 75.4 Å². The Bertz CT molecular complexity index is 5180. The van der Waals surface area contributed by atoms with E-state index in [1.807, 2.05) is 0 Å². The van der Waals surface area contributed by atoms with E-state index in [1.54, 1.807) is 7.05 Å². The number of phenols is 2. The molecule has 0 atom stereocenters. The minimum Gasteiger partial charge on any atom is -0.503 e. The van der Waals surface area contributed by atoms with Gasteiger partial charge in [0.25, 0.3) is 0 Å². The van der Waals surface area contributed by atoms with Crippen molar-refractivity contribution in [2.75, 3.05) is 18.1 Å². The van der Waals surface area contributed by atoms with Gasteiger partial charge < -0.3 is 30.7 Å². The highest BCUT2D eigenvalue weighted by molar-refractivity contribution is 6.33. The van der Waals surface area contributed by atoms with Crippen LogP contribution in [0.3, 0.4) is 0 Å². The molecule has 17 nitrogen and oxygen atoms in total. The third-order valence-corrected chi connectivity index (χ3v) is 14.9. The maximum absolute atomic E-state index is 14.4. The molecule has 0 fully saturated rings. The van der Waals surface area contributed by atoms with E-state index in [0.717, 1.165) is 116 Å². The van der Waals surface area contributed by atoms with E-state index < -0.39 is 134 Å². The highest BCUT2D eigenvalue weighted by atomic mass is 35.5. The van der Waals surface area contributed by atoms with Crippen LogP contribution in [0.4, 0.5) is 105 Å². The number of nitrogen functional groups attached to an aromatic ring is 1. The average molecular weight is 1690 g/mol. The number of aromatic hydroxyl groups is 2. The topological polar surface area (TPSA) is 255 Å². The Morgan fingerprint density at radius 3 is 1.02 bits per heavy atom. The minimum absolute atomic E-state index is 0.00484. The predicted octanol–water partition coefficient (Wildman–Crippen LogP) is 20.3. The van der Waals surface area contributed by atoms with E-state index in [0.29, 0.717) is 16.1 Å². The first-order valence-corrected chi connectivity index (χ1v) is 32.8. The number of hydrogen-bond acceptors (Lipinski definition) is 17. The largest absolute Gasteiger partial charge is 0.503 e. The van der Waals surface area contributed by atoms with Gasteiger partial charge in [0.05, 0.1) is 27.9 Å². The van der Waals surface area contributed by atoms with Crippen molar-refractivity contribution in [3.63, 3.8) is 0 Å². The monoisotopic (exact) mass is 1690 g/mol. The molecule has 3 aromatic heterocycles. The van der Waals surface area contributed by atoms with Gasteiger partial charge in [-0.05, 0) is 106 Å². The number of hydrogen-bond donors (Lipinski definition) is 4. The standard InChI is InChI=1S/C21H16F5N3O2.C20H12ClF5N2O2.C16H11F5O2.C8H4F3NO.C6H5F2NO.C4H2Cl2N2/c1-27-18-10-19(29-11-28-18)31-20-16(22)8-13(9-17(20)23)7-15(30)6-12-3-2-4-14(5-12)21(24,25)26;21-17-9-18(28-10-27-17)30-19-15(22)7-12(8-16(19)23)6-14(29)5-11-2-1-3-13(4-11)20(24,25)26;17-13-7-10(8-14(18)15(13)23)6-12(22)5-9-2-1-3-11(4-9)16(19,20)21;9-8(10,11)6-2-1-3-7(4-6)12-5-13;7-4-1-3(9)2-5(8)6(4)10;5-3-1-4(6)8-2-7-3/h2-5,8-11H,6-7H2,1H3,(H,27,28,29);1-4,7-10H,5-6H2;1-4,7-8,23H,5-6H2;1-4H;1-2,10H,9H2;1-2H. The molecule has 3 heterocycles. The number of nitrogens with two attached hydrogens (primary N) is 1. The van der Waals surface area contributed by atoms with Crippen LogP contribution in [0.15, 0.2) is 188 Å². The molecule has 0 radical (unpaired) electrons. The lowest BCUT2D eigenvalue weighted by atomic mass is 10.0.